The zero-order valence-corrected chi connectivity index (χ0v) is 16.7. The molecule has 0 saturated heterocycles. The number of benzene rings is 2. The summed E-state index contributed by atoms with van der Waals surface area (Å²) in [5.74, 6) is -1.06. The molecule has 1 N–H and O–H groups in total. The molecule has 4 rings (SSSR count). The number of hydrogen-bond acceptors (Lipinski definition) is 5. The van der Waals surface area contributed by atoms with E-state index in [0.29, 0.717) is 29.4 Å². The number of carbonyl (C=O) groups is 1. The van der Waals surface area contributed by atoms with Gasteiger partial charge in [-0.25, -0.2) is 13.8 Å². The Hall–Kier alpha value is -3.16. The number of halogens is 2. The van der Waals surface area contributed by atoms with Crippen molar-refractivity contribution in [2.75, 3.05) is 13.2 Å². The monoisotopic (exact) mass is 416 g/mol. The van der Waals surface area contributed by atoms with Gasteiger partial charge in [-0.05, 0) is 49.9 Å². The van der Waals surface area contributed by atoms with Crippen LogP contribution in [0.25, 0.3) is 22.6 Å². The number of oxazole rings is 1. The Morgan fingerprint density at radius 1 is 1.23 bits per heavy atom. The van der Waals surface area contributed by atoms with Crippen molar-refractivity contribution in [3.05, 3.63) is 42.0 Å². The fourth-order valence-corrected chi connectivity index (χ4v) is 3.04. The number of rotatable bonds is 8. The molecule has 8 heteroatoms. The number of carbonyl (C=O) groups excluding carboxylic acids is 1. The second-order valence-corrected chi connectivity index (χ2v) is 7.58. The molecule has 0 bridgehead atoms. The summed E-state index contributed by atoms with van der Waals surface area (Å²) in [6.07, 6.45) is 2.06. The second kappa shape index (κ2) is 8.30. The third-order valence-electron chi connectivity index (χ3n) is 4.72. The molecule has 158 valence electrons. The highest BCUT2D eigenvalue weighted by molar-refractivity contribution is 5.77. The SMILES string of the molecule is CC(=O)N[C@@H](C)COc1ccc2nc(-c3cc(F)c(OCC4CC4)c(F)c3)oc2c1. The average Bonchev–Trinajstić information content (AvgIpc) is 3.41. The van der Waals surface area contributed by atoms with Crippen LogP contribution >= 0.6 is 0 Å². The van der Waals surface area contributed by atoms with Gasteiger partial charge in [-0.1, -0.05) is 0 Å². The van der Waals surface area contributed by atoms with E-state index in [1.165, 1.54) is 6.92 Å². The minimum atomic E-state index is -0.788. The highest BCUT2D eigenvalue weighted by Gasteiger charge is 2.24. The molecule has 1 fully saturated rings. The van der Waals surface area contributed by atoms with Gasteiger partial charge < -0.3 is 19.2 Å². The molecule has 0 aliphatic heterocycles. The first kappa shape index (κ1) is 20.1. The molecule has 1 aliphatic carbocycles. The molecule has 1 saturated carbocycles. The van der Waals surface area contributed by atoms with E-state index in [0.717, 1.165) is 25.0 Å². The molecule has 0 spiro atoms. The first-order valence-electron chi connectivity index (χ1n) is 9.81. The minimum absolute atomic E-state index is 0.0975. The lowest BCUT2D eigenvalue weighted by molar-refractivity contribution is -0.119. The van der Waals surface area contributed by atoms with E-state index in [9.17, 15) is 13.6 Å². The quantitative estimate of drug-likeness (QED) is 0.587. The van der Waals surface area contributed by atoms with Gasteiger partial charge in [-0.15, -0.1) is 0 Å². The van der Waals surface area contributed by atoms with E-state index in [4.69, 9.17) is 13.9 Å². The molecule has 1 heterocycles. The number of hydrogen-bond donors (Lipinski definition) is 1. The summed E-state index contributed by atoms with van der Waals surface area (Å²) in [5.41, 5.74) is 1.13. The van der Waals surface area contributed by atoms with Crippen molar-refractivity contribution in [1.29, 1.82) is 0 Å². The Bertz CT molecular complexity index is 1060. The maximum absolute atomic E-state index is 14.4. The largest absolute Gasteiger partial charge is 0.491 e. The van der Waals surface area contributed by atoms with E-state index in [1.807, 2.05) is 6.92 Å². The van der Waals surface area contributed by atoms with Crippen molar-refractivity contribution in [2.45, 2.75) is 32.7 Å². The Kier molecular flexibility index (Phi) is 5.57. The van der Waals surface area contributed by atoms with E-state index in [-0.39, 0.29) is 35.8 Å². The third-order valence-corrected chi connectivity index (χ3v) is 4.72. The van der Waals surface area contributed by atoms with Gasteiger partial charge in [0.1, 0.15) is 17.9 Å². The topological polar surface area (TPSA) is 73.6 Å². The number of fused-ring (bicyclic) bond motifs is 1. The maximum Gasteiger partial charge on any atom is 0.227 e. The Labute approximate surface area is 172 Å². The van der Waals surface area contributed by atoms with Gasteiger partial charge in [0.25, 0.3) is 0 Å². The van der Waals surface area contributed by atoms with Gasteiger partial charge in [-0.2, -0.15) is 0 Å². The lowest BCUT2D eigenvalue weighted by Crippen LogP contribution is -2.35. The number of aromatic nitrogens is 1. The lowest BCUT2D eigenvalue weighted by Gasteiger charge is -2.13. The highest BCUT2D eigenvalue weighted by Crippen LogP contribution is 2.34. The maximum atomic E-state index is 14.4. The van der Waals surface area contributed by atoms with Gasteiger partial charge >= 0.3 is 0 Å². The van der Waals surface area contributed by atoms with Gasteiger partial charge in [0.15, 0.2) is 23.0 Å². The fourth-order valence-electron chi connectivity index (χ4n) is 3.04. The van der Waals surface area contributed by atoms with Crippen LogP contribution in [0.2, 0.25) is 0 Å². The van der Waals surface area contributed by atoms with E-state index >= 15 is 0 Å². The van der Waals surface area contributed by atoms with Gasteiger partial charge in [0.2, 0.25) is 11.8 Å². The Morgan fingerprint density at radius 2 is 1.97 bits per heavy atom. The van der Waals surface area contributed by atoms with Crippen LogP contribution in [0.1, 0.15) is 26.7 Å². The normalized spacial score (nSPS) is 14.5. The Balaban J connectivity index is 1.51. The van der Waals surface area contributed by atoms with Gasteiger partial charge in [0.05, 0.1) is 12.6 Å². The third kappa shape index (κ3) is 4.69. The van der Waals surface area contributed by atoms with Crippen LogP contribution in [0.3, 0.4) is 0 Å². The van der Waals surface area contributed by atoms with E-state index in [2.05, 4.69) is 10.3 Å². The smallest absolute Gasteiger partial charge is 0.227 e. The number of nitrogens with one attached hydrogen (secondary N) is 1. The van der Waals surface area contributed by atoms with Crippen LogP contribution in [-0.4, -0.2) is 30.1 Å². The minimum Gasteiger partial charge on any atom is -0.491 e. The summed E-state index contributed by atoms with van der Waals surface area (Å²) in [6, 6.07) is 7.21. The molecule has 1 aromatic heterocycles. The summed E-state index contributed by atoms with van der Waals surface area (Å²) >= 11 is 0. The van der Waals surface area contributed by atoms with Crippen LogP contribution in [0.15, 0.2) is 34.7 Å². The van der Waals surface area contributed by atoms with E-state index < -0.39 is 11.6 Å². The van der Waals surface area contributed by atoms with Crippen molar-refractivity contribution in [3.63, 3.8) is 0 Å². The molecule has 1 atom stereocenters. The van der Waals surface area contributed by atoms with Crippen molar-refractivity contribution in [3.8, 4) is 23.0 Å². The first-order chi connectivity index (χ1) is 14.4. The molecule has 0 radical (unpaired) electrons. The van der Waals surface area contributed by atoms with Crippen molar-refractivity contribution in [2.24, 2.45) is 5.92 Å². The Morgan fingerprint density at radius 3 is 2.63 bits per heavy atom. The van der Waals surface area contributed by atoms with Gasteiger partial charge in [-0.3, -0.25) is 4.79 Å². The van der Waals surface area contributed by atoms with Gasteiger partial charge in [0, 0.05) is 18.6 Å². The molecule has 6 nitrogen and oxygen atoms in total. The van der Waals surface area contributed by atoms with Crippen molar-refractivity contribution < 1.29 is 27.5 Å². The molecule has 1 aliphatic rings. The molecule has 0 unspecified atom stereocenters. The zero-order chi connectivity index (χ0) is 21.3. The van der Waals surface area contributed by atoms with Crippen LogP contribution in [0.4, 0.5) is 8.78 Å². The zero-order valence-electron chi connectivity index (χ0n) is 16.7. The number of ether oxygens (including phenoxy) is 2. The number of amides is 1. The molecule has 2 aromatic carbocycles. The summed E-state index contributed by atoms with van der Waals surface area (Å²) in [4.78, 5) is 15.4. The summed E-state index contributed by atoms with van der Waals surface area (Å²) < 4.78 is 45.4. The van der Waals surface area contributed by atoms with E-state index in [1.54, 1.807) is 18.2 Å². The predicted octanol–water partition coefficient (Wildman–Crippen LogP) is 4.47. The predicted molar refractivity (Wildman–Crippen MR) is 106 cm³/mol. The van der Waals surface area contributed by atoms with Crippen molar-refractivity contribution >= 4 is 17.0 Å². The molecular weight excluding hydrogens is 394 g/mol. The molecule has 3 aromatic rings. The van der Waals surface area contributed by atoms with Crippen LogP contribution in [-0.2, 0) is 4.79 Å². The molecular formula is C22H22F2N2O4. The summed E-state index contributed by atoms with van der Waals surface area (Å²) in [6.45, 7) is 3.87. The number of nitrogens with zero attached hydrogens (tertiary/aromatic N) is 1. The lowest BCUT2D eigenvalue weighted by atomic mass is 10.2. The summed E-state index contributed by atoms with van der Waals surface area (Å²) in [5, 5.41) is 2.73. The van der Waals surface area contributed by atoms with Crippen molar-refractivity contribution in [1.82, 2.24) is 10.3 Å². The summed E-state index contributed by atoms with van der Waals surface area (Å²) in [7, 11) is 0. The second-order valence-electron chi connectivity index (χ2n) is 7.58. The average molecular weight is 416 g/mol. The van der Waals surface area contributed by atoms with Crippen LogP contribution in [0, 0.1) is 17.6 Å². The fraction of sp³-hybridized carbons (Fsp3) is 0.364. The first-order valence-corrected chi connectivity index (χ1v) is 9.81. The molecule has 30 heavy (non-hydrogen) atoms. The van der Waals surface area contributed by atoms with Crippen LogP contribution in [0.5, 0.6) is 11.5 Å². The van der Waals surface area contributed by atoms with Crippen LogP contribution < -0.4 is 14.8 Å². The standard InChI is InChI=1S/C22H22F2N2O4/c1-12(25-13(2)27)10-28-16-5-6-19-20(9-16)30-22(26-19)15-7-17(23)21(18(24)8-15)29-11-14-3-4-14/h5-9,12,14H,3-4,10-11H2,1-2H3,(H,25,27)/t12-/m0/s1. The molecule has 1 amide bonds. The highest BCUT2D eigenvalue weighted by atomic mass is 19.1.